The highest BCUT2D eigenvalue weighted by atomic mass is 32.2. The minimum Gasteiger partial charge on any atom is -0.366 e. The highest BCUT2D eigenvalue weighted by Crippen LogP contribution is 2.23. The van der Waals surface area contributed by atoms with E-state index in [-0.39, 0.29) is 11.3 Å². The third-order valence-corrected chi connectivity index (χ3v) is 5.38. The lowest BCUT2D eigenvalue weighted by Crippen LogP contribution is -2.45. The van der Waals surface area contributed by atoms with Crippen molar-refractivity contribution in [2.24, 2.45) is 5.73 Å². The molecule has 0 saturated heterocycles. The van der Waals surface area contributed by atoms with Crippen LogP contribution in [-0.2, 0) is 21.2 Å². The maximum Gasteiger partial charge on any atom is 0.250 e. The third kappa shape index (κ3) is 4.85. The number of amides is 2. The number of benzene rings is 2. The second-order valence-corrected chi connectivity index (χ2v) is 8.01. The van der Waals surface area contributed by atoms with Gasteiger partial charge in [-0.15, -0.1) is 0 Å². The zero-order valence-corrected chi connectivity index (χ0v) is 16.3. The summed E-state index contributed by atoms with van der Waals surface area (Å²) in [5.41, 5.74) is 7.14. The lowest BCUT2D eigenvalue weighted by molar-refractivity contribution is -0.116. The highest BCUT2D eigenvalue weighted by molar-refractivity contribution is 7.92. The van der Waals surface area contributed by atoms with Crippen molar-refractivity contribution in [3.63, 3.8) is 0 Å². The predicted octanol–water partition coefficient (Wildman–Crippen LogP) is 2.14. The first-order valence-electron chi connectivity index (χ1n) is 8.43. The number of anilines is 2. The van der Waals surface area contributed by atoms with Gasteiger partial charge in [-0.05, 0) is 43.2 Å². The summed E-state index contributed by atoms with van der Waals surface area (Å²) in [6.07, 6.45) is 1.86. The largest absolute Gasteiger partial charge is 0.366 e. The number of para-hydroxylation sites is 1. The van der Waals surface area contributed by atoms with Crippen LogP contribution in [0.15, 0.2) is 48.5 Å². The zero-order chi connectivity index (χ0) is 20.2. The average molecular weight is 389 g/mol. The first kappa shape index (κ1) is 20.4. The topological polar surface area (TPSA) is 110 Å². The third-order valence-electron chi connectivity index (χ3n) is 4.14. The Labute approximate surface area is 159 Å². The Kier molecular flexibility index (Phi) is 6.22. The highest BCUT2D eigenvalue weighted by Gasteiger charge is 2.29. The summed E-state index contributed by atoms with van der Waals surface area (Å²) < 4.78 is 25.7. The van der Waals surface area contributed by atoms with Crippen LogP contribution in [0.5, 0.6) is 0 Å². The van der Waals surface area contributed by atoms with E-state index in [0.29, 0.717) is 5.69 Å². The molecule has 2 aromatic carbocycles. The lowest BCUT2D eigenvalue weighted by Gasteiger charge is -2.28. The van der Waals surface area contributed by atoms with Gasteiger partial charge < -0.3 is 11.1 Å². The molecule has 0 heterocycles. The van der Waals surface area contributed by atoms with Gasteiger partial charge in [0, 0.05) is 0 Å². The fourth-order valence-corrected chi connectivity index (χ4v) is 3.91. The van der Waals surface area contributed by atoms with Crippen molar-refractivity contribution < 1.29 is 18.0 Å². The molecule has 0 fully saturated rings. The maximum absolute atomic E-state index is 12.7. The summed E-state index contributed by atoms with van der Waals surface area (Å²) in [6.45, 7) is 3.48. The van der Waals surface area contributed by atoms with Gasteiger partial charge in [0.2, 0.25) is 15.9 Å². The Morgan fingerprint density at radius 3 is 2.22 bits per heavy atom. The van der Waals surface area contributed by atoms with E-state index < -0.39 is 27.9 Å². The number of hydrogen-bond donors (Lipinski definition) is 2. The quantitative estimate of drug-likeness (QED) is 0.756. The SMILES string of the molecule is CCc1ccc(N([C@H](C)C(=O)Nc2ccccc2C(N)=O)S(C)(=O)=O)cc1. The number of rotatable bonds is 7. The van der Waals surface area contributed by atoms with Gasteiger partial charge in [0.05, 0.1) is 23.2 Å². The smallest absolute Gasteiger partial charge is 0.250 e. The van der Waals surface area contributed by atoms with Crippen LogP contribution in [0, 0.1) is 0 Å². The van der Waals surface area contributed by atoms with Gasteiger partial charge in [0.15, 0.2) is 0 Å². The molecule has 7 nitrogen and oxygen atoms in total. The molecule has 0 aromatic heterocycles. The van der Waals surface area contributed by atoms with E-state index >= 15 is 0 Å². The lowest BCUT2D eigenvalue weighted by atomic mass is 10.1. The number of nitrogens with zero attached hydrogens (tertiary/aromatic N) is 1. The Morgan fingerprint density at radius 2 is 1.70 bits per heavy atom. The van der Waals surface area contributed by atoms with E-state index in [9.17, 15) is 18.0 Å². The number of nitrogens with one attached hydrogen (secondary N) is 1. The summed E-state index contributed by atoms with van der Waals surface area (Å²) >= 11 is 0. The molecule has 2 aromatic rings. The molecule has 0 aliphatic carbocycles. The van der Waals surface area contributed by atoms with Crippen molar-refractivity contribution in [2.45, 2.75) is 26.3 Å². The van der Waals surface area contributed by atoms with Gasteiger partial charge in [-0.1, -0.05) is 31.2 Å². The number of nitrogens with two attached hydrogens (primary N) is 1. The number of hydrogen-bond acceptors (Lipinski definition) is 4. The maximum atomic E-state index is 12.7. The molecule has 2 rings (SSSR count). The van der Waals surface area contributed by atoms with E-state index in [2.05, 4.69) is 5.32 Å². The average Bonchev–Trinajstić information content (AvgIpc) is 2.61. The molecule has 0 unspecified atom stereocenters. The first-order valence-corrected chi connectivity index (χ1v) is 10.3. The van der Waals surface area contributed by atoms with Crippen LogP contribution >= 0.6 is 0 Å². The first-order chi connectivity index (χ1) is 12.6. The fraction of sp³-hybridized carbons (Fsp3) is 0.263. The van der Waals surface area contributed by atoms with Gasteiger partial charge in [-0.2, -0.15) is 0 Å². The summed E-state index contributed by atoms with van der Waals surface area (Å²) in [7, 11) is -3.72. The molecule has 0 aliphatic heterocycles. The van der Waals surface area contributed by atoms with Crippen LogP contribution in [0.25, 0.3) is 0 Å². The van der Waals surface area contributed by atoms with E-state index in [1.807, 2.05) is 19.1 Å². The van der Waals surface area contributed by atoms with Gasteiger partial charge >= 0.3 is 0 Å². The molecule has 0 aliphatic rings. The second-order valence-electron chi connectivity index (χ2n) is 6.15. The number of sulfonamides is 1. The molecule has 0 spiro atoms. The monoisotopic (exact) mass is 389 g/mol. The molecule has 2 amide bonds. The van der Waals surface area contributed by atoms with Crippen LogP contribution in [0.4, 0.5) is 11.4 Å². The van der Waals surface area contributed by atoms with E-state index in [1.165, 1.54) is 19.1 Å². The summed E-state index contributed by atoms with van der Waals surface area (Å²) in [5, 5.41) is 2.59. The van der Waals surface area contributed by atoms with Crippen molar-refractivity contribution in [3.05, 3.63) is 59.7 Å². The van der Waals surface area contributed by atoms with E-state index in [4.69, 9.17) is 5.73 Å². The summed E-state index contributed by atoms with van der Waals surface area (Å²) in [5.74, 6) is -1.26. The van der Waals surface area contributed by atoms with Gasteiger partial charge in [0.1, 0.15) is 6.04 Å². The van der Waals surface area contributed by atoms with Crippen molar-refractivity contribution in [3.8, 4) is 0 Å². The number of carbonyl (C=O) groups is 2. The van der Waals surface area contributed by atoms with Crippen LogP contribution in [-0.4, -0.2) is 32.5 Å². The standard InChI is InChI=1S/C19H23N3O4S/c1-4-14-9-11-15(12-10-14)22(27(3,25)26)13(2)19(24)21-17-8-6-5-7-16(17)18(20)23/h5-13H,4H2,1-3H3,(H2,20,23)(H,21,24)/t13-/m1/s1. The number of carbonyl (C=O) groups excluding carboxylic acids is 2. The van der Waals surface area contributed by atoms with Crippen LogP contribution in [0.1, 0.15) is 29.8 Å². The van der Waals surface area contributed by atoms with Crippen LogP contribution < -0.4 is 15.4 Å². The van der Waals surface area contributed by atoms with Crippen molar-refractivity contribution in [2.75, 3.05) is 15.9 Å². The molecule has 27 heavy (non-hydrogen) atoms. The minimum absolute atomic E-state index is 0.149. The molecule has 1 atom stereocenters. The van der Waals surface area contributed by atoms with Crippen molar-refractivity contribution >= 4 is 33.2 Å². The summed E-state index contributed by atoms with van der Waals surface area (Å²) in [6, 6.07) is 12.2. The molecular formula is C19H23N3O4S. The molecular weight excluding hydrogens is 366 g/mol. The molecule has 144 valence electrons. The van der Waals surface area contributed by atoms with Gasteiger partial charge in [-0.25, -0.2) is 8.42 Å². The second kappa shape index (κ2) is 8.22. The van der Waals surface area contributed by atoms with E-state index in [1.54, 1.807) is 24.3 Å². The Balaban J connectivity index is 2.34. The Bertz CT molecular complexity index is 940. The zero-order valence-electron chi connectivity index (χ0n) is 15.5. The normalized spacial score (nSPS) is 12.3. The van der Waals surface area contributed by atoms with Crippen LogP contribution in [0.2, 0.25) is 0 Å². The Morgan fingerprint density at radius 1 is 1.11 bits per heavy atom. The van der Waals surface area contributed by atoms with Crippen molar-refractivity contribution in [1.29, 1.82) is 0 Å². The van der Waals surface area contributed by atoms with Gasteiger partial charge in [0.25, 0.3) is 5.91 Å². The van der Waals surface area contributed by atoms with E-state index in [0.717, 1.165) is 22.5 Å². The summed E-state index contributed by atoms with van der Waals surface area (Å²) in [4.78, 5) is 24.2. The molecule has 0 radical (unpaired) electrons. The minimum atomic E-state index is -3.72. The van der Waals surface area contributed by atoms with Gasteiger partial charge in [-0.3, -0.25) is 13.9 Å². The Hall–Kier alpha value is -2.87. The fourth-order valence-electron chi connectivity index (χ4n) is 2.73. The number of primary amides is 1. The molecule has 8 heteroatoms. The van der Waals surface area contributed by atoms with Crippen molar-refractivity contribution in [1.82, 2.24) is 0 Å². The molecule has 0 saturated carbocycles. The molecule has 0 bridgehead atoms. The van der Waals surface area contributed by atoms with Crippen LogP contribution in [0.3, 0.4) is 0 Å². The number of aryl methyl sites for hydroxylation is 1. The predicted molar refractivity (Wildman–Crippen MR) is 106 cm³/mol. The molecule has 3 N–H and O–H groups in total.